The van der Waals surface area contributed by atoms with Crippen LogP contribution in [0.3, 0.4) is 0 Å². The molecule has 1 atom stereocenters. The summed E-state index contributed by atoms with van der Waals surface area (Å²) in [6.45, 7) is 3.99. The van der Waals surface area contributed by atoms with E-state index in [2.05, 4.69) is 10.3 Å². The molecule has 3 rings (SSSR count). The van der Waals surface area contributed by atoms with Gasteiger partial charge in [0.2, 0.25) is 0 Å². The van der Waals surface area contributed by atoms with Gasteiger partial charge in [-0.15, -0.1) is 11.3 Å². The fraction of sp³-hybridized carbons (Fsp3) is 0.412. The zero-order valence-electron chi connectivity index (χ0n) is 13.0. The number of amides is 1. The van der Waals surface area contributed by atoms with Crippen molar-refractivity contribution in [1.82, 2.24) is 10.3 Å². The number of hydrogen-bond donors (Lipinski definition) is 1. The second kappa shape index (κ2) is 7.19. The van der Waals surface area contributed by atoms with Gasteiger partial charge in [0, 0.05) is 25.5 Å². The van der Waals surface area contributed by atoms with E-state index in [1.165, 1.54) is 23.5 Å². The van der Waals surface area contributed by atoms with Crippen molar-refractivity contribution in [3.63, 3.8) is 0 Å². The number of aromatic nitrogens is 1. The maximum Gasteiger partial charge on any atom is 0.263 e. The summed E-state index contributed by atoms with van der Waals surface area (Å²) in [4.78, 5) is 17.4. The predicted octanol–water partition coefficient (Wildman–Crippen LogP) is 2.95. The van der Waals surface area contributed by atoms with Crippen molar-refractivity contribution in [3.05, 3.63) is 51.2 Å². The van der Waals surface area contributed by atoms with Gasteiger partial charge in [0.05, 0.1) is 17.3 Å². The van der Waals surface area contributed by atoms with Gasteiger partial charge in [0.1, 0.15) is 10.7 Å². The summed E-state index contributed by atoms with van der Waals surface area (Å²) in [5.74, 6) is 0.0862. The van der Waals surface area contributed by atoms with Crippen LogP contribution in [0.5, 0.6) is 0 Å². The van der Waals surface area contributed by atoms with Gasteiger partial charge in [-0.05, 0) is 31.0 Å². The summed E-state index contributed by atoms with van der Waals surface area (Å²) in [6.07, 6.45) is 1.60. The normalized spacial score (nSPS) is 17.4. The van der Waals surface area contributed by atoms with Crippen LogP contribution in [0.15, 0.2) is 24.3 Å². The van der Waals surface area contributed by atoms with Gasteiger partial charge in [0.25, 0.3) is 5.91 Å². The minimum Gasteiger partial charge on any atom is -0.381 e. The number of benzene rings is 1. The smallest absolute Gasteiger partial charge is 0.263 e. The summed E-state index contributed by atoms with van der Waals surface area (Å²) in [5, 5.41) is 3.83. The van der Waals surface area contributed by atoms with E-state index in [1.54, 1.807) is 12.1 Å². The van der Waals surface area contributed by atoms with E-state index in [9.17, 15) is 9.18 Å². The van der Waals surface area contributed by atoms with Crippen molar-refractivity contribution in [3.8, 4) is 0 Å². The van der Waals surface area contributed by atoms with Crippen molar-refractivity contribution in [1.29, 1.82) is 0 Å². The van der Waals surface area contributed by atoms with E-state index in [1.807, 2.05) is 6.92 Å². The highest BCUT2D eigenvalue weighted by molar-refractivity contribution is 7.13. The Labute approximate surface area is 138 Å². The molecule has 1 aliphatic heterocycles. The van der Waals surface area contributed by atoms with Crippen molar-refractivity contribution in [2.75, 3.05) is 19.8 Å². The van der Waals surface area contributed by atoms with Crippen molar-refractivity contribution >= 4 is 17.2 Å². The quantitative estimate of drug-likeness (QED) is 0.915. The number of rotatable bonds is 5. The minimum absolute atomic E-state index is 0.0720. The summed E-state index contributed by atoms with van der Waals surface area (Å²) < 4.78 is 18.2. The van der Waals surface area contributed by atoms with Gasteiger partial charge >= 0.3 is 0 Å². The molecule has 0 unspecified atom stereocenters. The molecule has 122 valence electrons. The lowest BCUT2D eigenvalue weighted by Gasteiger charge is -2.08. The zero-order valence-corrected chi connectivity index (χ0v) is 13.8. The molecule has 23 heavy (non-hydrogen) atoms. The summed E-state index contributed by atoms with van der Waals surface area (Å²) in [7, 11) is 0. The fourth-order valence-electron chi connectivity index (χ4n) is 2.58. The Hall–Kier alpha value is -1.79. The maximum absolute atomic E-state index is 12.9. The topological polar surface area (TPSA) is 51.2 Å². The second-order valence-electron chi connectivity index (χ2n) is 5.77. The molecule has 0 spiro atoms. The number of carbonyl (C=O) groups excluding carboxylic acids is 1. The Balaban J connectivity index is 1.62. The largest absolute Gasteiger partial charge is 0.381 e. The summed E-state index contributed by atoms with van der Waals surface area (Å²) in [6, 6.07) is 6.36. The highest BCUT2D eigenvalue weighted by Crippen LogP contribution is 2.21. The molecule has 1 aromatic heterocycles. The molecule has 2 heterocycles. The minimum atomic E-state index is -0.250. The Morgan fingerprint density at radius 1 is 1.43 bits per heavy atom. The summed E-state index contributed by atoms with van der Waals surface area (Å²) in [5.41, 5.74) is 1.72. The molecule has 1 aliphatic rings. The van der Waals surface area contributed by atoms with E-state index in [0.29, 0.717) is 23.8 Å². The Kier molecular flexibility index (Phi) is 5.03. The molecule has 0 radical (unpaired) electrons. The second-order valence-corrected chi connectivity index (χ2v) is 6.85. The first-order valence-corrected chi connectivity index (χ1v) is 8.50. The number of hydrogen-bond acceptors (Lipinski definition) is 4. The number of ether oxygens (including phenoxy) is 1. The molecule has 1 fully saturated rings. The number of carbonyl (C=O) groups is 1. The first-order chi connectivity index (χ1) is 11.1. The highest BCUT2D eigenvalue weighted by Gasteiger charge is 2.19. The highest BCUT2D eigenvalue weighted by atomic mass is 32.1. The van der Waals surface area contributed by atoms with Gasteiger partial charge < -0.3 is 10.1 Å². The zero-order chi connectivity index (χ0) is 16.2. The molecule has 0 aliphatic carbocycles. The van der Waals surface area contributed by atoms with Gasteiger partial charge in [0.15, 0.2) is 0 Å². The van der Waals surface area contributed by atoms with Crippen LogP contribution in [-0.4, -0.2) is 30.6 Å². The van der Waals surface area contributed by atoms with Crippen LogP contribution in [0, 0.1) is 18.7 Å². The molecular weight excluding hydrogens is 315 g/mol. The van der Waals surface area contributed by atoms with Crippen LogP contribution < -0.4 is 5.32 Å². The van der Waals surface area contributed by atoms with Gasteiger partial charge in [-0.2, -0.15) is 0 Å². The third-order valence-corrected chi connectivity index (χ3v) is 5.05. The summed E-state index contributed by atoms with van der Waals surface area (Å²) >= 11 is 1.40. The predicted molar refractivity (Wildman–Crippen MR) is 87.3 cm³/mol. The number of nitrogens with zero attached hydrogens (tertiary/aromatic N) is 1. The fourth-order valence-corrected chi connectivity index (χ4v) is 3.59. The van der Waals surface area contributed by atoms with Crippen LogP contribution in [-0.2, 0) is 11.2 Å². The average Bonchev–Trinajstić information content (AvgIpc) is 3.17. The molecular formula is C17H19FN2O2S. The van der Waals surface area contributed by atoms with Crippen molar-refractivity contribution < 1.29 is 13.9 Å². The van der Waals surface area contributed by atoms with Crippen LogP contribution in [0.4, 0.5) is 4.39 Å². The third kappa shape index (κ3) is 4.14. The molecule has 1 aromatic carbocycles. The molecule has 2 aromatic rings. The Morgan fingerprint density at radius 3 is 2.91 bits per heavy atom. The lowest BCUT2D eigenvalue weighted by atomic mass is 10.1. The van der Waals surface area contributed by atoms with Gasteiger partial charge in [-0.3, -0.25) is 4.79 Å². The maximum atomic E-state index is 12.9. The van der Waals surface area contributed by atoms with E-state index < -0.39 is 0 Å². The number of nitrogens with one attached hydrogen (secondary N) is 1. The standard InChI is InChI=1S/C17H19FN2O2S/c1-11-16(17(21)19-9-13-6-7-22-10-13)23-15(20-11)8-12-2-4-14(18)5-3-12/h2-5,13H,6-10H2,1H3,(H,19,21)/t13-/m1/s1. The molecule has 1 saturated heterocycles. The Bertz CT molecular complexity index is 678. The molecule has 4 nitrogen and oxygen atoms in total. The first kappa shape index (κ1) is 16.1. The number of thiazole rings is 1. The van der Waals surface area contributed by atoms with E-state index >= 15 is 0 Å². The first-order valence-electron chi connectivity index (χ1n) is 7.68. The number of aryl methyl sites for hydroxylation is 1. The van der Waals surface area contributed by atoms with E-state index in [4.69, 9.17) is 4.74 Å². The lowest BCUT2D eigenvalue weighted by Crippen LogP contribution is -2.29. The lowest BCUT2D eigenvalue weighted by molar-refractivity contribution is 0.0948. The Morgan fingerprint density at radius 2 is 2.22 bits per heavy atom. The molecule has 0 bridgehead atoms. The van der Waals surface area contributed by atoms with Crippen LogP contribution in [0.25, 0.3) is 0 Å². The molecule has 1 amide bonds. The number of halogens is 1. The van der Waals surface area contributed by atoms with Crippen molar-refractivity contribution in [2.45, 2.75) is 19.8 Å². The van der Waals surface area contributed by atoms with Crippen LogP contribution in [0.1, 0.15) is 32.4 Å². The van der Waals surface area contributed by atoms with Crippen LogP contribution in [0.2, 0.25) is 0 Å². The van der Waals surface area contributed by atoms with E-state index in [-0.39, 0.29) is 11.7 Å². The molecule has 6 heteroatoms. The monoisotopic (exact) mass is 334 g/mol. The third-order valence-electron chi connectivity index (χ3n) is 3.89. The van der Waals surface area contributed by atoms with Crippen LogP contribution >= 0.6 is 11.3 Å². The molecule has 1 N–H and O–H groups in total. The van der Waals surface area contributed by atoms with E-state index in [0.717, 1.165) is 35.9 Å². The SMILES string of the molecule is Cc1nc(Cc2ccc(F)cc2)sc1C(=O)NC[C@H]1CCOC1. The molecule has 0 saturated carbocycles. The average molecular weight is 334 g/mol. The van der Waals surface area contributed by atoms with Crippen molar-refractivity contribution in [2.24, 2.45) is 5.92 Å². The van der Waals surface area contributed by atoms with Gasteiger partial charge in [-0.25, -0.2) is 9.37 Å². The van der Waals surface area contributed by atoms with Gasteiger partial charge in [-0.1, -0.05) is 12.1 Å².